The van der Waals surface area contributed by atoms with Crippen LogP contribution in [0.15, 0.2) is 0 Å². The van der Waals surface area contributed by atoms with E-state index in [4.69, 9.17) is 0 Å². The highest BCUT2D eigenvalue weighted by atomic mass is 16.1. The van der Waals surface area contributed by atoms with E-state index in [0.29, 0.717) is 23.9 Å². The van der Waals surface area contributed by atoms with Crippen LogP contribution < -0.4 is 10.6 Å². The predicted octanol–water partition coefficient (Wildman–Crippen LogP) is 2.36. The van der Waals surface area contributed by atoms with Gasteiger partial charge in [-0.25, -0.2) is 0 Å². The zero-order chi connectivity index (χ0) is 12.4. The molecule has 1 amide bonds. The lowest BCUT2D eigenvalue weighted by Gasteiger charge is -2.52. The fourth-order valence-electron chi connectivity index (χ4n) is 3.76. The molecule has 3 nitrogen and oxygen atoms in total. The van der Waals surface area contributed by atoms with Crippen LogP contribution in [0.2, 0.25) is 0 Å². The van der Waals surface area contributed by atoms with Crippen LogP contribution in [-0.4, -0.2) is 24.5 Å². The number of carbonyl (C=O) groups is 1. The van der Waals surface area contributed by atoms with Gasteiger partial charge in [0.25, 0.3) is 0 Å². The minimum absolute atomic E-state index is 0.238. The molecule has 0 aromatic carbocycles. The molecule has 0 aromatic heterocycles. The van der Waals surface area contributed by atoms with Crippen molar-refractivity contribution >= 4 is 5.91 Å². The Morgan fingerprint density at radius 1 is 1.06 bits per heavy atom. The minimum Gasteiger partial charge on any atom is -0.353 e. The number of carbonyl (C=O) groups excluding carboxylic acids is 1. The van der Waals surface area contributed by atoms with Gasteiger partial charge in [-0.3, -0.25) is 4.79 Å². The predicted molar refractivity (Wildman–Crippen MR) is 72.3 cm³/mol. The summed E-state index contributed by atoms with van der Waals surface area (Å²) in [5, 5.41) is 6.70. The summed E-state index contributed by atoms with van der Waals surface area (Å²) in [7, 11) is 0. The number of nitrogens with one attached hydrogen (secondary N) is 2. The van der Waals surface area contributed by atoms with Crippen molar-refractivity contribution < 1.29 is 4.79 Å². The summed E-state index contributed by atoms with van der Waals surface area (Å²) < 4.78 is 0. The molecule has 3 aliphatic carbocycles. The van der Waals surface area contributed by atoms with E-state index < -0.39 is 0 Å². The second-order valence-corrected chi connectivity index (χ2v) is 6.56. The third-order valence-corrected chi connectivity index (χ3v) is 5.20. The Hall–Kier alpha value is -0.570. The van der Waals surface area contributed by atoms with Gasteiger partial charge in [0.1, 0.15) is 0 Å². The molecule has 1 unspecified atom stereocenters. The van der Waals surface area contributed by atoms with Gasteiger partial charge in [0.15, 0.2) is 0 Å². The molecular weight excluding hydrogens is 224 g/mol. The molecule has 3 rings (SSSR count). The SMILES string of the molecule is O=C(CCNC1CCC12CCCCC2)NC1CC1. The van der Waals surface area contributed by atoms with E-state index in [9.17, 15) is 4.79 Å². The van der Waals surface area contributed by atoms with Crippen molar-refractivity contribution in [2.45, 2.75) is 76.3 Å². The average Bonchev–Trinajstić information content (AvgIpc) is 3.18. The highest BCUT2D eigenvalue weighted by molar-refractivity contribution is 5.76. The molecular formula is C15H26N2O. The fraction of sp³-hybridized carbons (Fsp3) is 0.933. The van der Waals surface area contributed by atoms with Crippen molar-refractivity contribution in [2.24, 2.45) is 5.41 Å². The standard InChI is InChI=1S/C15H26N2O/c18-14(17-12-4-5-12)7-11-16-13-6-10-15(13)8-2-1-3-9-15/h12-13,16H,1-11H2,(H,17,18). The molecule has 0 saturated heterocycles. The zero-order valence-corrected chi connectivity index (χ0v) is 11.3. The number of rotatable bonds is 5. The van der Waals surface area contributed by atoms with Gasteiger partial charge in [-0.2, -0.15) is 0 Å². The van der Waals surface area contributed by atoms with Crippen LogP contribution in [0.1, 0.15) is 64.2 Å². The van der Waals surface area contributed by atoms with Gasteiger partial charge in [-0.1, -0.05) is 19.3 Å². The topological polar surface area (TPSA) is 41.1 Å². The van der Waals surface area contributed by atoms with Crippen molar-refractivity contribution in [1.82, 2.24) is 10.6 Å². The number of hydrogen-bond acceptors (Lipinski definition) is 2. The molecule has 18 heavy (non-hydrogen) atoms. The number of hydrogen-bond donors (Lipinski definition) is 2. The van der Waals surface area contributed by atoms with E-state index in [1.807, 2.05) is 0 Å². The summed E-state index contributed by atoms with van der Waals surface area (Å²) in [6.45, 7) is 0.866. The van der Waals surface area contributed by atoms with Gasteiger partial charge in [0.05, 0.1) is 0 Å². The average molecular weight is 250 g/mol. The maximum Gasteiger partial charge on any atom is 0.221 e. The van der Waals surface area contributed by atoms with Gasteiger partial charge >= 0.3 is 0 Å². The summed E-state index contributed by atoms with van der Waals surface area (Å²) in [5.41, 5.74) is 0.616. The van der Waals surface area contributed by atoms with E-state index in [1.165, 1.54) is 57.8 Å². The Balaban J connectivity index is 1.36. The number of amides is 1. The quantitative estimate of drug-likeness (QED) is 0.786. The summed E-state index contributed by atoms with van der Waals surface area (Å²) in [4.78, 5) is 11.6. The van der Waals surface area contributed by atoms with Crippen LogP contribution >= 0.6 is 0 Å². The van der Waals surface area contributed by atoms with Crippen molar-refractivity contribution in [3.63, 3.8) is 0 Å². The molecule has 0 aliphatic heterocycles. The molecule has 0 radical (unpaired) electrons. The zero-order valence-electron chi connectivity index (χ0n) is 11.3. The first kappa shape index (κ1) is 12.5. The van der Waals surface area contributed by atoms with Crippen LogP contribution in [0.4, 0.5) is 0 Å². The Bertz CT molecular complexity index is 306. The molecule has 3 saturated carbocycles. The largest absolute Gasteiger partial charge is 0.353 e. The highest BCUT2D eigenvalue weighted by Gasteiger charge is 2.46. The first-order valence-corrected chi connectivity index (χ1v) is 7.81. The fourth-order valence-corrected chi connectivity index (χ4v) is 3.76. The van der Waals surface area contributed by atoms with Gasteiger partial charge < -0.3 is 10.6 Å². The molecule has 0 heterocycles. The van der Waals surface area contributed by atoms with Crippen molar-refractivity contribution in [3.8, 4) is 0 Å². The maximum absolute atomic E-state index is 11.6. The Morgan fingerprint density at radius 3 is 2.44 bits per heavy atom. The van der Waals surface area contributed by atoms with E-state index in [0.717, 1.165) is 6.54 Å². The van der Waals surface area contributed by atoms with Gasteiger partial charge in [-0.05, 0) is 43.9 Å². The maximum atomic E-state index is 11.6. The third-order valence-electron chi connectivity index (χ3n) is 5.20. The van der Waals surface area contributed by atoms with E-state index in [-0.39, 0.29) is 5.91 Å². The van der Waals surface area contributed by atoms with E-state index in [2.05, 4.69) is 10.6 Å². The van der Waals surface area contributed by atoms with Gasteiger partial charge in [-0.15, -0.1) is 0 Å². The lowest BCUT2D eigenvalue weighted by molar-refractivity contribution is -0.121. The molecule has 102 valence electrons. The Labute approximate surface area is 110 Å². The third kappa shape index (κ3) is 2.71. The van der Waals surface area contributed by atoms with Crippen molar-refractivity contribution in [1.29, 1.82) is 0 Å². The normalized spacial score (nSPS) is 29.9. The lowest BCUT2D eigenvalue weighted by atomic mass is 9.57. The lowest BCUT2D eigenvalue weighted by Crippen LogP contribution is -2.54. The smallest absolute Gasteiger partial charge is 0.221 e. The molecule has 1 spiro atoms. The Kier molecular flexibility index (Phi) is 3.60. The van der Waals surface area contributed by atoms with Gasteiger partial charge in [0, 0.05) is 25.0 Å². The molecule has 3 aliphatic rings. The summed E-state index contributed by atoms with van der Waals surface area (Å²) in [6.07, 6.45) is 12.9. The molecule has 2 N–H and O–H groups in total. The van der Waals surface area contributed by atoms with Crippen LogP contribution in [-0.2, 0) is 4.79 Å². The van der Waals surface area contributed by atoms with E-state index in [1.54, 1.807) is 0 Å². The second kappa shape index (κ2) is 5.20. The van der Waals surface area contributed by atoms with Crippen LogP contribution in [0.3, 0.4) is 0 Å². The molecule has 3 fully saturated rings. The molecule has 0 aromatic rings. The van der Waals surface area contributed by atoms with Crippen LogP contribution in [0.25, 0.3) is 0 Å². The van der Waals surface area contributed by atoms with Crippen molar-refractivity contribution in [2.75, 3.05) is 6.54 Å². The molecule has 1 atom stereocenters. The van der Waals surface area contributed by atoms with E-state index >= 15 is 0 Å². The van der Waals surface area contributed by atoms with Crippen molar-refractivity contribution in [3.05, 3.63) is 0 Å². The summed E-state index contributed by atoms with van der Waals surface area (Å²) >= 11 is 0. The highest BCUT2D eigenvalue weighted by Crippen LogP contribution is 2.51. The summed E-state index contributed by atoms with van der Waals surface area (Å²) in [5.74, 6) is 0.238. The van der Waals surface area contributed by atoms with Crippen LogP contribution in [0, 0.1) is 5.41 Å². The molecule has 3 heteroatoms. The first-order valence-electron chi connectivity index (χ1n) is 7.81. The monoisotopic (exact) mass is 250 g/mol. The van der Waals surface area contributed by atoms with Crippen LogP contribution in [0.5, 0.6) is 0 Å². The minimum atomic E-state index is 0.238. The Morgan fingerprint density at radius 2 is 1.83 bits per heavy atom. The first-order chi connectivity index (χ1) is 8.78. The van der Waals surface area contributed by atoms with Gasteiger partial charge in [0.2, 0.25) is 5.91 Å². The molecule has 0 bridgehead atoms. The summed E-state index contributed by atoms with van der Waals surface area (Å²) in [6, 6.07) is 1.21. The second-order valence-electron chi connectivity index (χ2n) is 6.56.